The summed E-state index contributed by atoms with van der Waals surface area (Å²) in [6.45, 7) is 15.8. The first-order valence-corrected chi connectivity index (χ1v) is 42.3. The number of H-pyrrole nitrogens is 2. The van der Waals surface area contributed by atoms with Gasteiger partial charge in [-0.1, -0.05) is 257 Å². The van der Waals surface area contributed by atoms with E-state index in [0.29, 0.717) is 54.5 Å². The van der Waals surface area contributed by atoms with Crippen molar-refractivity contribution < 1.29 is 28.9 Å². The second-order valence-electron chi connectivity index (χ2n) is 29.8. The molecule has 8 aromatic rings. The smallest absolute Gasteiger partial charge is 0.274 e. The molecule has 0 unspecified atom stereocenters. The predicted octanol–water partition coefficient (Wildman–Crippen LogP) is 27.2. The Morgan fingerprint density at radius 1 is 0.367 bits per heavy atom. The van der Waals surface area contributed by atoms with Crippen LogP contribution in [0.2, 0.25) is 0 Å². The molecule has 12 nitrogen and oxygen atoms in total. The lowest BCUT2D eigenvalue weighted by molar-refractivity contribution is 0.0706. The van der Waals surface area contributed by atoms with Crippen molar-refractivity contribution in [1.29, 1.82) is 0 Å². The molecule has 2 aliphatic heterocycles. The van der Waals surface area contributed by atoms with Gasteiger partial charge in [-0.15, -0.1) is 0 Å². The zero-order valence-corrected chi connectivity index (χ0v) is 66.7. The average Bonchev–Trinajstić information content (AvgIpc) is 1.62. The normalized spacial score (nSPS) is 11.6. The largest absolute Gasteiger partial charge is 0.493 e. The molecule has 109 heavy (non-hydrogen) atoms. The van der Waals surface area contributed by atoms with Gasteiger partial charge in [-0.05, 0) is 184 Å². The van der Waals surface area contributed by atoms with E-state index in [1.807, 2.05) is 0 Å². The van der Waals surface area contributed by atoms with Crippen molar-refractivity contribution in [2.24, 2.45) is 0 Å². The van der Waals surface area contributed by atoms with Crippen molar-refractivity contribution in [2.75, 3.05) is 31.3 Å². The summed E-state index contributed by atoms with van der Waals surface area (Å²) in [5.74, 6) is 9.38. The van der Waals surface area contributed by atoms with Gasteiger partial charge in [0.15, 0.2) is 0 Å². The summed E-state index contributed by atoms with van der Waals surface area (Å²) in [5.41, 5.74) is 18.2. The van der Waals surface area contributed by atoms with Crippen LogP contribution in [0, 0.1) is 11.8 Å². The number of hydroxylamine groups is 1. The molecule has 4 N–H and O–H groups in total. The molecule has 3 aromatic heterocycles. The Hall–Kier alpha value is -9.31. The van der Waals surface area contributed by atoms with E-state index in [-0.39, 0.29) is 0 Å². The summed E-state index contributed by atoms with van der Waals surface area (Å²) in [7, 11) is 0. The number of fused-ring (bicyclic) bond motifs is 8. The van der Waals surface area contributed by atoms with Crippen LogP contribution >= 0.6 is 0 Å². The zero-order valence-electron chi connectivity index (χ0n) is 66.7. The van der Waals surface area contributed by atoms with E-state index in [9.17, 15) is 10.0 Å². The third kappa shape index (κ3) is 24.1. The lowest BCUT2D eigenvalue weighted by Gasteiger charge is -2.27. The van der Waals surface area contributed by atoms with Crippen LogP contribution in [0.15, 0.2) is 133 Å². The van der Waals surface area contributed by atoms with Crippen LogP contribution < -0.4 is 29.3 Å². The Labute approximate surface area is 652 Å². The molecule has 0 radical (unpaired) electrons. The van der Waals surface area contributed by atoms with E-state index >= 15 is 0 Å². The Kier molecular flexibility index (Phi) is 34.4. The summed E-state index contributed by atoms with van der Waals surface area (Å²) >= 11 is 0. The standard InChI is InChI=1S/C97H124N6O6/c1-7-13-19-25-29-35-69-106-88-43-39-44-89(107-70-36-30-26-20-14-8-2)94(88)92-82-63-61-80(98-82)79(60-53-75-47-54-76(55-48-75)97(104)102-105)81-62-64-83(99-81)93(95-90(108-71-37-31-27-21-15-9-3)45-40-46-91(95)109-72-38-32-28-22-16-10-4)85-66-68-87(101-85)96(86-67-65-84(92)100-86)103(77-56-49-73(50-57-77)41-33-23-17-11-5)78-58-51-74(52-59-78)42-34-24-18-12-6/h39-40,43-52,54-59,61-68,98,101,105H,7-38,41-42,69-72H2,1-6H3,(H,102,104). The van der Waals surface area contributed by atoms with Crippen LogP contribution in [-0.2, 0) is 12.8 Å². The van der Waals surface area contributed by atoms with E-state index in [4.69, 9.17) is 28.9 Å². The van der Waals surface area contributed by atoms with Crippen LogP contribution in [0.25, 0.3) is 68.6 Å². The molecule has 2 aliphatic rings. The number of aromatic amines is 2. The molecular weight excluding hydrogens is 1350 g/mol. The summed E-state index contributed by atoms with van der Waals surface area (Å²) in [4.78, 5) is 34.9. The van der Waals surface area contributed by atoms with Crippen molar-refractivity contribution in [3.63, 3.8) is 0 Å². The molecule has 10 rings (SSSR count). The van der Waals surface area contributed by atoms with Crippen molar-refractivity contribution in [2.45, 2.75) is 260 Å². The second-order valence-corrected chi connectivity index (χ2v) is 29.8. The molecule has 0 aliphatic carbocycles. The number of ether oxygens (including phenoxy) is 4. The SMILES string of the molecule is CCCCCCCCOc1cccc(OCCCCCCCC)c1-c1c2nc(c(N(c3ccc(CCCCCC)cc3)c3ccc(CCCCCC)cc3)c3ccc([nH]3)c(-c3c(OCCCCCCCC)cccc3OCCCCCCCC)c3nc(c(C#Cc4ccc(C(=O)NO)cc4)c4ccc1[nH]4)C=C3)C=C2. The van der Waals surface area contributed by atoms with Crippen molar-refractivity contribution in [3.8, 4) is 57.1 Å². The van der Waals surface area contributed by atoms with Crippen LogP contribution in [0.5, 0.6) is 23.0 Å². The van der Waals surface area contributed by atoms with E-state index in [2.05, 4.69) is 202 Å². The topological polar surface area (TPSA) is 147 Å². The first kappa shape index (κ1) is 82.2. The summed E-state index contributed by atoms with van der Waals surface area (Å²) in [6, 6.07) is 46.6. The van der Waals surface area contributed by atoms with Gasteiger partial charge in [-0.3, -0.25) is 10.0 Å². The lowest BCUT2D eigenvalue weighted by Crippen LogP contribution is -2.18. The third-order valence-corrected chi connectivity index (χ3v) is 21.1. The molecule has 1 amide bonds. The molecule has 12 heteroatoms. The third-order valence-electron chi connectivity index (χ3n) is 21.1. The quantitative estimate of drug-likeness (QED) is 0.0127. The zero-order chi connectivity index (χ0) is 76.0. The monoisotopic (exact) mass is 1470 g/mol. The minimum atomic E-state index is -0.600. The van der Waals surface area contributed by atoms with Crippen LogP contribution in [0.1, 0.15) is 302 Å². The molecular formula is C97H124N6O6. The first-order chi connectivity index (χ1) is 53.8. The fraction of sp³-hybridized carbons (Fsp3) is 0.454. The predicted molar refractivity (Wildman–Crippen MR) is 457 cm³/mol. The lowest BCUT2D eigenvalue weighted by atomic mass is 10.0. The highest BCUT2D eigenvalue weighted by Gasteiger charge is 2.27. The van der Waals surface area contributed by atoms with Gasteiger partial charge in [0.25, 0.3) is 5.91 Å². The molecule has 0 fully saturated rings. The van der Waals surface area contributed by atoms with Gasteiger partial charge >= 0.3 is 0 Å². The van der Waals surface area contributed by atoms with Crippen molar-refractivity contribution >= 4 is 69.3 Å². The van der Waals surface area contributed by atoms with Crippen LogP contribution in [0.3, 0.4) is 0 Å². The summed E-state index contributed by atoms with van der Waals surface area (Å²) in [5, 5.41) is 9.55. The fourth-order valence-electron chi connectivity index (χ4n) is 14.8. The van der Waals surface area contributed by atoms with E-state index in [1.54, 1.807) is 29.7 Å². The highest BCUT2D eigenvalue weighted by Crippen LogP contribution is 2.48. The molecule has 0 saturated carbocycles. The summed E-state index contributed by atoms with van der Waals surface area (Å²) in [6.07, 6.45) is 47.4. The van der Waals surface area contributed by atoms with Gasteiger partial charge < -0.3 is 33.8 Å². The molecule has 0 atom stereocenters. The molecule has 0 spiro atoms. The minimum absolute atomic E-state index is 0.310. The second kappa shape index (κ2) is 45.6. The number of nitrogens with zero attached hydrogens (tertiary/aromatic N) is 3. The van der Waals surface area contributed by atoms with Crippen molar-refractivity contribution in [1.82, 2.24) is 25.4 Å². The highest BCUT2D eigenvalue weighted by atomic mass is 16.5. The van der Waals surface area contributed by atoms with E-state index in [1.165, 1.54) is 152 Å². The fourth-order valence-corrected chi connectivity index (χ4v) is 14.8. The molecule has 8 bridgehead atoms. The maximum Gasteiger partial charge on any atom is 0.274 e. The number of carbonyl (C=O) groups excluding carboxylic acids is 1. The Bertz CT molecular complexity index is 4190. The van der Waals surface area contributed by atoms with Crippen molar-refractivity contribution in [3.05, 3.63) is 184 Å². The number of aromatic nitrogens is 4. The Balaban J connectivity index is 1.30. The van der Waals surface area contributed by atoms with Gasteiger partial charge in [0.1, 0.15) is 23.0 Å². The number of benzene rings is 5. The maximum atomic E-state index is 12.6. The van der Waals surface area contributed by atoms with Gasteiger partial charge in [-0.2, -0.15) is 0 Å². The number of unbranched alkanes of at least 4 members (excludes halogenated alkanes) is 26. The molecule has 0 saturated heterocycles. The molecule has 578 valence electrons. The number of nitrogens with one attached hydrogen (secondary N) is 3. The first-order valence-electron chi connectivity index (χ1n) is 42.3. The average molecular weight is 1470 g/mol. The van der Waals surface area contributed by atoms with Crippen LogP contribution in [0.4, 0.5) is 17.1 Å². The number of aryl methyl sites for hydroxylation is 2. The van der Waals surface area contributed by atoms with Gasteiger partial charge in [0.05, 0.1) is 82.6 Å². The van der Waals surface area contributed by atoms with E-state index < -0.39 is 5.91 Å². The number of carbonyl (C=O) groups is 1. The van der Waals surface area contributed by atoms with Gasteiger partial charge in [-0.25, -0.2) is 15.4 Å². The molecule has 5 aromatic carbocycles. The highest BCUT2D eigenvalue weighted by molar-refractivity contribution is 6.02. The number of hydrogen-bond acceptors (Lipinski definition) is 9. The van der Waals surface area contributed by atoms with Gasteiger partial charge in [0.2, 0.25) is 0 Å². The van der Waals surface area contributed by atoms with Gasteiger partial charge in [0, 0.05) is 44.7 Å². The maximum absolute atomic E-state index is 12.6. The van der Waals surface area contributed by atoms with E-state index in [0.717, 1.165) is 173 Å². The summed E-state index contributed by atoms with van der Waals surface area (Å²) < 4.78 is 28.3. The number of rotatable bonds is 48. The number of amides is 1. The number of hydrogen-bond donors (Lipinski definition) is 4. The Morgan fingerprint density at radius 3 is 1.13 bits per heavy atom. The Morgan fingerprint density at radius 2 is 0.716 bits per heavy atom. The minimum Gasteiger partial charge on any atom is -0.493 e. The molecule has 5 heterocycles. The van der Waals surface area contributed by atoms with Crippen LogP contribution in [-0.4, -0.2) is 57.5 Å². The number of anilines is 3.